The van der Waals surface area contributed by atoms with Crippen LogP contribution < -0.4 is 16.2 Å². The number of nitrogens with one attached hydrogen (secondary N) is 3. The zero-order chi connectivity index (χ0) is 13.0. The van der Waals surface area contributed by atoms with Gasteiger partial charge >= 0.3 is 0 Å². The van der Waals surface area contributed by atoms with Gasteiger partial charge in [-0.2, -0.15) is 0 Å². The van der Waals surface area contributed by atoms with Crippen LogP contribution in [0.4, 0.5) is 5.82 Å². The summed E-state index contributed by atoms with van der Waals surface area (Å²) in [6.45, 7) is 7.28. The van der Waals surface area contributed by atoms with Crippen LogP contribution in [-0.4, -0.2) is 29.6 Å². The molecule has 100 valence electrons. The molecule has 0 saturated carbocycles. The van der Waals surface area contributed by atoms with Crippen LogP contribution in [0.5, 0.6) is 0 Å². The van der Waals surface area contributed by atoms with Gasteiger partial charge in [0.05, 0.1) is 0 Å². The number of nitrogens with zero attached hydrogens (tertiary/aromatic N) is 1. The molecule has 5 heteroatoms. The third-order valence-corrected chi connectivity index (χ3v) is 3.63. The van der Waals surface area contributed by atoms with Gasteiger partial charge in [-0.25, -0.2) is 4.98 Å². The second kappa shape index (κ2) is 5.52. The summed E-state index contributed by atoms with van der Waals surface area (Å²) in [5.41, 5.74) is 0.210. The summed E-state index contributed by atoms with van der Waals surface area (Å²) in [5, 5.41) is 6.68. The van der Waals surface area contributed by atoms with E-state index < -0.39 is 0 Å². The van der Waals surface area contributed by atoms with Crippen molar-refractivity contribution in [2.45, 2.75) is 33.1 Å². The molecule has 2 heterocycles. The number of aryl methyl sites for hydroxylation is 1. The zero-order valence-corrected chi connectivity index (χ0v) is 11.2. The Morgan fingerprint density at radius 2 is 2.17 bits per heavy atom. The van der Waals surface area contributed by atoms with Crippen LogP contribution >= 0.6 is 0 Å². The summed E-state index contributed by atoms with van der Waals surface area (Å²) in [5.74, 6) is 1.43. The molecule has 5 nitrogen and oxygen atoms in total. The van der Waals surface area contributed by atoms with Crippen molar-refractivity contribution < 1.29 is 0 Å². The van der Waals surface area contributed by atoms with Gasteiger partial charge in [0.15, 0.2) is 0 Å². The van der Waals surface area contributed by atoms with E-state index >= 15 is 0 Å². The Balaban J connectivity index is 2.01. The molecular weight excluding hydrogens is 228 g/mol. The van der Waals surface area contributed by atoms with Gasteiger partial charge in [0.2, 0.25) is 0 Å². The molecular formula is C13H22N4O. The number of hydrogen-bond donors (Lipinski definition) is 3. The fourth-order valence-electron chi connectivity index (χ4n) is 2.28. The van der Waals surface area contributed by atoms with Gasteiger partial charge in [-0.1, -0.05) is 13.8 Å². The highest BCUT2D eigenvalue weighted by molar-refractivity contribution is 5.33. The van der Waals surface area contributed by atoms with Crippen molar-refractivity contribution in [3.8, 4) is 0 Å². The Labute approximate surface area is 107 Å². The normalized spacial score (nSPS) is 18.6. The molecule has 0 spiro atoms. The lowest BCUT2D eigenvalue weighted by atomic mass is 9.81. The Morgan fingerprint density at radius 1 is 1.44 bits per heavy atom. The number of aromatic nitrogens is 2. The Bertz CT molecular complexity index is 449. The largest absolute Gasteiger partial charge is 0.369 e. The molecule has 1 fully saturated rings. The molecule has 0 radical (unpaired) electrons. The zero-order valence-electron chi connectivity index (χ0n) is 11.2. The Kier molecular flexibility index (Phi) is 4.01. The quantitative estimate of drug-likeness (QED) is 0.749. The maximum atomic E-state index is 11.5. The summed E-state index contributed by atoms with van der Waals surface area (Å²) >= 11 is 0. The number of rotatable bonds is 4. The van der Waals surface area contributed by atoms with E-state index in [1.54, 1.807) is 0 Å². The second-order valence-corrected chi connectivity index (χ2v) is 5.35. The van der Waals surface area contributed by atoms with E-state index in [1.165, 1.54) is 6.07 Å². The highest BCUT2D eigenvalue weighted by atomic mass is 16.1. The van der Waals surface area contributed by atoms with Gasteiger partial charge in [0.1, 0.15) is 11.6 Å². The predicted octanol–water partition coefficient (Wildman–Crippen LogP) is 1.13. The number of aromatic amines is 1. The first kappa shape index (κ1) is 13.1. The minimum absolute atomic E-state index is 0.0835. The molecule has 0 amide bonds. The second-order valence-electron chi connectivity index (χ2n) is 5.35. The van der Waals surface area contributed by atoms with E-state index in [1.807, 2.05) is 6.92 Å². The van der Waals surface area contributed by atoms with Crippen LogP contribution in [-0.2, 0) is 6.42 Å². The van der Waals surface area contributed by atoms with Crippen molar-refractivity contribution in [2.75, 3.05) is 25.0 Å². The van der Waals surface area contributed by atoms with Gasteiger partial charge < -0.3 is 15.6 Å². The van der Waals surface area contributed by atoms with Crippen molar-refractivity contribution in [3.05, 3.63) is 22.2 Å². The third-order valence-electron chi connectivity index (χ3n) is 3.63. The van der Waals surface area contributed by atoms with Crippen LogP contribution in [0.2, 0.25) is 0 Å². The van der Waals surface area contributed by atoms with Crippen molar-refractivity contribution in [1.82, 2.24) is 15.3 Å². The van der Waals surface area contributed by atoms with Gasteiger partial charge in [-0.15, -0.1) is 0 Å². The van der Waals surface area contributed by atoms with Gasteiger partial charge in [-0.3, -0.25) is 4.79 Å². The topological polar surface area (TPSA) is 69.8 Å². The summed E-state index contributed by atoms with van der Waals surface area (Å²) in [7, 11) is 0. The molecule has 1 aliphatic heterocycles. The van der Waals surface area contributed by atoms with Gasteiger partial charge in [0.25, 0.3) is 5.56 Å². The molecule has 1 aromatic rings. The minimum Gasteiger partial charge on any atom is -0.369 e. The summed E-state index contributed by atoms with van der Waals surface area (Å²) in [6.07, 6.45) is 3.06. The molecule has 0 aliphatic carbocycles. The molecule has 1 saturated heterocycles. The van der Waals surface area contributed by atoms with Crippen molar-refractivity contribution in [2.24, 2.45) is 5.41 Å². The van der Waals surface area contributed by atoms with E-state index in [-0.39, 0.29) is 5.56 Å². The SMILES string of the molecule is CCc1nc(NCC2(C)CCNCC2)cc(=O)[nH]1. The monoisotopic (exact) mass is 250 g/mol. The van der Waals surface area contributed by atoms with Gasteiger partial charge in [0, 0.05) is 19.0 Å². The summed E-state index contributed by atoms with van der Waals surface area (Å²) in [4.78, 5) is 18.6. The van der Waals surface area contributed by atoms with Crippen molar-refractivity contribution in [3.63, 3.8) is 0 Å². The molecule has 1 aromatic heterocycles. The van der Waals surface area contributed by atoms with Crippen molar-refractivity contribution >= 4 is 5.82 Å². The van der Waals surface area contributed by atoms with E-state index in [4.69, 9.17) is 0 Å². The highest BCUT2D eigenvalue weighted by Gasteiger charge is 2.26. The third kappa shape index (κ3) is 3.32. The van der Waals surface area contributed by atoms with Crippen LogP contribution in [0.1, 0.15) is 32.5 Å². The predicted molar refractivity (Wildman–Crippen MR) is 72.9 cm³/mol. The lowest BCUT2D eigenvalue weighted by Gasteiger charge is -2.34. The summed E-state index contributed by atoms with van der Waals surface area (Å²) < 4.78 is 0. The summed E-state index contributed by atoms with van der Waals surface area (Å²) in [6, 6.07) is 1.53. The standard InChI is InChI=1S/C13H22N4O/c1-3-10-16-11(8-12(18)17-10)15-9-13(2)4-6-14-7-5-13/h8,14H,3-7,9H2,1-2H3,(H2,15,16,17,18). The molecule has 0 bridgehead atoms. The number of hydrogen-bond acceptors (Lipinski definition) is 4. The molecule has 0 atom stereocenters. The number of H-pyrrole nitrogens is 1. The van der Waals surface area contributed by atoms with Crippen LogP contribution in [0.3, 0.4) is 0 Å². The maximum Gasteiger partial charge on any atom is 0.252 e. The maximum absolute atomic E-state index is 11.5. The van der Waals surface area contributed by atoms with Gasteiger partial charge in [-0.05, 0) is 31.3 Å². The average molecular weight is 250 g/mol. The van der Waals surface area contributed by atoms with Crippen LogP contribution in [0, 0.1) is 5.41 Å². The first-order chi connectivity index (χ1) is 8.61. The fraction of sp³-hybridized carbons (Fsp3) is 0.692. The first-order valence-electron chi connectivity index (χ1n) is 6.66. The molecule has 0 unspecified atom stereocenters. The average Bonchev–Trinajstić information content (AvgIpc) is 2.37. The fourth-order valence-corrected chi connectivity index (χ4v) is 2.28. The number of piperidine rings is 1. The Hall–Kier alpha value is -1.36. The van der Waals surface area contributed by atoms with E-state index in [9.17, 15) is 4.79 Å². The lowest BCUT2D eigenvalue weighted by Crippen LogP contribution is -2.39. The van der Waals surface area contributed by atoms with Crippen LogP contribution in [0.15, 0.2) is 10.9 Å². The molecule has 3 N–H and O–H groups in total. The van der Waals surface area contributed by atoms with Crippen LogP contribution in [0.25, 0.3) is 0 Å². The van der Waals surface area contributed by atoms with Crippen molar-refractivity contribution in [1.29, 1.82) is 0 Å². The Morgan fingerprint density at radius 3 is 2.83 bits per heavy atom. The smallest absolute Gasteiger partial charge is 0.252 e. The first-order valence-corrected chi connectivity index (χ1v) is 6.66. The number of anilines is 1. The molecule has 18 heavy (non-hydrogen) atoms. The van der Waals surface area contributed by atoms with E-state index in [2.05, 4.69) is 27.5 Å². The molecule has 0 aromatic carbocycles. The lowest BCUT2D eigenvalue weighted by molar-refractivity contribution is 0.247. The molecule has 1 aliphatic rings. The minimum atomic E-state index is -0.0835. The molecule has 2 rings (SSSR count). The highest BCUT2D eigenvalue weighted by Crippen LogP contribution is 2.27. The van der Waals surface area contributed by atoms with E-state index in [0.717, 1.165) is 44.7 Å². The van der Waals surface area contributed by atoms with E-state index in [0.29, 0.717) is 11.2 Å².